The first-order valence-corrected chi connectivity index (χ1v) is 9.27. The van der Waals surface area contributed by atoms with Crippen molar-refractivity contribution in [3.63, 3.8) is 0 Å². The van der Waals surface area contributed by atoms with E-state index in [4.69, 9.17) is 14.2 Å². The second-order valence-electron chi connectivity index (χ2n) is 6.47. The fourth-order valence-electron chi connectivity index (χ4n) is 3.28. The van der Waals surface area contributed by atoms with Crippen molar-refractivity contribution < 1.29 is 23.4 Å². The van der Waals surface area contributed by atoms with Gasteiger partial charge in [0.15, 0.2) is 17.3 Å². The maximum Gasteiger partial charge on any atom is 0.378 e. The molecule has 0 saturated carbocycles. The molecule has 1 aliphatic rings. The van der Waals surface area contributed by atoms with Crippen LogP contribution in [0.2, 0.25) is 0 Å². The lowest BCUT2D eigenvalue weighted by atomic mass is 9.95. The van der Waals surface area contributed by atoms with Crippen LogP contribution in [0.4, 0.5) is 4.39 Å². The highest BCUT2D eigenvalue weighted by Crippen LogP contribution is 2.34. The Morgan fingerprint density at radius 3 is 2.47 bits per heavy atom. The molecule has 4 rings (SSSR count). The van der Waals surface area contributed by atoms with Crippen molar-refractivity contribution in [1.82, 2.24) is 14.9 Å². The zero-order valence-electron chi connectivity index (χ0n) is 16.7. The lowest BCUT2D eigenvalue weighted by molar-refractivity contribution is 0.0506. The van der Waals surface area contributed by atoms with Crippen LogP contribution < -0.4 is 9.47 Å². The first-order chi connectivity index (χ1) is 14.5. The predicted octanol–water partition coefficient (Wildman–Crippen LogP) is 2.82. The fraction of sp³-hybridized carbons (Fsp3) is 0.238. The summed E-state index contributed by atoms with van der Waals surface area (Å²) in [7, 11) is 3.10. The molecule has 3 aromatic rings. The van der Waals surface area contributed by atoms with Crippen LogP contribution in [0, 0.1) is 5.82 Å². The summed E-state index contributed by atoms with van der Waals surface area (Å²) in [5, 5.41) is 12.8. The maximum absolute atomic E-state index is 13.5. The second kappa shape index (κ2) is 7.94. The maximum atomic E-state index is 13.5. The van der Waals surface area contributed by atoms with Crippen LogP contribution in [0.1, 0.15) is 40.1 Å². The summed E-state index contributed by atoms with van der Waals surface area (Å²) in [5.41, 5.74) is 2.76. The molecule has 8 nitrogen and oxygen atoms in total. The molecule has 1 aliphatic heterocycles. The zero-order chi connectivity index (χ0) is 21.3. The molecule has 0 saturated heterocycles. The Labute approximate surface area is 171 Å². The number of methoxy groups -OCH3 is 2. The monoisotopic (exact) mass is 410 g/mol. The van der Waals surface area contributed by atoms with Gasteiger partial charge in [-0.1, -0.05) is 0 Å². The van der Waals surface area contributed by atoms with Gasteiger partial charge >= 0.3 is 5.97 Å². The van der Waals surface area contributed by atoms with Gasteiger partial charge in [-0.05, 0) is 48.9 Å². The third kappa shape index (κ3) is 3.38. The van der Waals surface area contributed by atoms with Gasteiger partial charge in [0.2, 0.25) is 0 Å². The van der Waals surface area contributed by atoms with E-state index in [0.29, 0.717) is 35.0 Å². The summed E-state index contributed by atoms with van der Waals surface area (Å²) in [5.74, 6) is 0.516. The van der Waals surface area contributed by atoms with Gasteiger partial charge in [0, 0.05) is 17.5 Å². The molecule has 2 aromatic carbocycles. The molecule has 0 atom stereocenters. The van der Waals surface area contributed by atoms with Gasteiger partial charge < -0.3 is 14.2 Å². The van der Waals surface area contributed by atoms with E-state index < -0.39 is 5.97 Å². The average Bonchev–Trinajstić information content (AvgIpc) is 3.07. The highest BCUT2D eigenvalue weighted by atomic mass is 19.1. The van der Waals surface area contributed by atoms with Crippen LogP contribution in [0.5, 0.6) is 11.5 Å². The number of fused-ring (bicyclic) bond motifs is 2. The minimum absolute atomic E-state index is 0.0294. The zero-order valence-corrected chi connectivity index (χ0v) is 16.7. The van der Waals surface area contributed by atoms with E-state index in [9.17, 15) is 9.18 Å². The lowest BCUT2D eigenvalue weighted by Crippen LogP contribution is -2.14. The van der Waals surface area contributed by atoms with Crippen molar-refractivity contribution in [2.75, 3.05) is 20.8 Å². The number of ether oxygens (including phenoxy) is 3. The largest absolute Gasteiger partial charge is 0.493 e. The summed E-state index contributed by atoms with van der Waals surface area (Å²) in [4.78, 5) is 12.3. The van der Waals surface area contributed by atoms with Gasteiger partial charge in [-0.3, -0.25) is 0 Å². The molecule has 154 valence electrons. The summed E-state index contributed by atoms with van der Waals surface area (Å²) in [6.07, 6.45) is 0.344. The van der Waals surface area contributed by atoms with Crippen LogP contribution in [0.25, 0.3) is 0 Å². The van der Waals surface area contributed by atoms with Gasteiger partial charge in [-0.2, -0.15) is 9.78 Å². The van der Waals surface area contributed by atoms with E-state index in [-0.39, 0.29) is 18.2 Å². The summed E-state index contributed by atoms with van der Waals surface area (Å²) in [6, 6.07) is 9.58. The number of aromatic nitrogens is 3. The van der Waals surface area contributed by atoms with Crippen LogP contribution >= 0.6 is 0 Å². The van der Waals surface area contributed by atoms with Crippen molar-refractivity contribution in [3.05, 3.63) is 70.6 Å². The molecule has 30 heavy (non-hydrogen) atoms. The van der Waals surface area contributed by atoms with Gasteiger partial charge in [0.05, 0.1) is 26.5 Å². The molecule has 0 N–H and O–H groups in total. The van der Waals surface area contributed by atoms with E-state index in [1.807, 2.05) is 6.07 Å². The number of esters is 1. The van der Waals surface area contributed by atoms with Crippen LogP contribution in [-0.4, -0.2) is 47.4 Å². The van der Waals surface area contributed by atoms with Crippen LogP contribution in [0.3, 0.4) is 0 Å². The summed E-state index contributed by atoms with van der Waals surface area (Å²) in [6.45, 7) is 1.91. The Hall–Kier alpha value is -3.75. The Morgan fingerprint density at radius 2 is 1.80 bits per heavy atom. The van der Waals surface area contributed by atoms with Crippen LogP contribution in [0.15, 0.2) is 41.5 Å². The number of nitrogens with zero attached hydrogens (tertiary/aromatic N) is 4. The summed E-state index contributed by atoms with van der Waals surface area (Å²) < 4.78 is 30.9. The Kier molecular flexibility index (Phi) is 5.18. The normalized spacial score (nSPS) is 12.3. The highest BCUT2D eigenvalue weighted by Gasteiger charge is 2.27. The SMILES string of the molecule is CCOC(=O)c1nnc2n1N=C(c1ccc(F)cc1)c1cc(OC)c(OC)cc1C2. The number of hydrogen-bond acceptors (Lipinski definition) is 7. The van der Waals surface area contributed by atoms with E-state index in [2.05, 4.69) is 15.3 Å². The molecule has 0 unspecified atom stereocenters. The quantitative estimate of drug-likeness (QED) is 0.470. The molecular weight excluding hydrogens is 391 g/mol. The molecule has 0 bridgehead atoms. The number of benzene rings is 2. The third-order valence-corrected chi connectivity index (χ3v) is 4.69. The molecule has 0 amide bonds. The van der Waals surface area contributed by atoms with Crippen molar-refractivity contribution in [2.24, 2.45) is 5.10 Å². The highest BCUT2D eigenvalue weighted by molar-refractivity contribution is 6.14. The van der Waals surface area contributed by atoms with E-state index in [1.165, 1.54) is 16.8 Å². The molecule has 9 heteroatoms. The number of carbonyl (C=O) groups excluding carboxylic acids is 1. The van der Waals surface area contributed by atoms with Crippen LogP contribution in [-0.2, 0) is 11.2 Å². The summed E-state index contributed by atoms with van der Waals surface area (Å²) >= 11 is 0. The molecule has 0 aliphatic carbocycles. The minimum atomic E-state index is -0.625. The van der Waals surface area contributed by atoms with Crippen molar-refractivity contribution in [3.8, 4) is 11.5 Å². The molecular formula is C21H19FN4O4. The topological polar surface area (TPSA) is 87.8 Å². The molecule has 1 aromatic heterocycles. The Morgan fingerprint density at radius 1 is 1.10 bits per heavy atom. The van der Waals surface area contributed by atoms with Gasteiger partial charge in [-0.15, -0.1) is 10.2 Å². The van der Waals surface area contributed by atoms with Crippen molar-refractivity contribution >= 4 is 11.7 Å². The van der Waals surface area contributed by atoms with Gasteiger partial charge in [0.25, 0.3) is 5.82 Å². The Balaban J connectivity index is 1.97. The minimum Gasteiger partial charge on any atom is -0.493 e. The average molecular weight is 410 g/mol. The smallest absolute Gasteiger partial charge is 0.378 e. The lowest BCUT2D eigenvalue weighted by Gasteiger charge is -2.14. The van der Waals surface area contributed by atoms with E-state index in [0.717, 1.165) is 11.1 Å². The predicted molar refractivity (Wildman–Crippen MR) is 106 cm³/mol. The number of hydrogen-bond donors (Lipinski definition) is 0. The van der Waals surface area contributed by atoms with Gasteiger partial charge in [-0.25, -0.2) is 9.18 Å². The second-order valence-corrected chi connectivity index (χ2v) is 6.47. The molecule has 0 radical (unpaired) electrons. The van der Waals surface area contributed by atoms with Gasteiger partial charge in [0.1, 0.15) is 5.82 Å². The first kappa shape index (κ1) is 19.6. The van der Waals surface area contributed by atoms with Crippen molar-refractivity contribution in [2.45, 2.75) is 13.3 Å². The number of carbonyl (C=O) groups is 1. The van der Waals surface area contributed by atoms with Crippen molar-refractivity contribution in [1.29, 1.82) is 0 Å². The Bertz CT molecular complexity index is 1140. The number of halogens is 1. The number of rotatable bonds is 5. The molecule has 2 heterocycles. The first-order valence-electron chi connectivity index (χ1n) is 9.27. The van der Waals surface area contributed by atoms with E-state index >= 15 is 0 Å². The fourth-order valence-corrected chi connectivity index (χ4v) is 3.28. The molecule has 0 spiro atoms. The molecule has 0 fully saturated rings. The standard InChI is InChI=1S/C21H19FN4O4/c1-4-30-21(27)20-24-23-18-10-13-9-16(28-2)17(29-3)11-15(13)19(25-26(18)20)12-5-7-14(22)8-6-12/h5-9,11H,4,10H2,1-3H3. The van der Waals surface area contributed by atoms with E-state index in [1.54, 1.807) is 39.3 Å². The third-order valence-electron chi connectivity index (χ3n) is 4.69.